The fourth-order valence-corrected chi connectivity index (χ4v) is 3.84. The maximum Gasteiger partial charge on any atom is 0.159 e. The Hall–Kier alpha value is -1.000. The molecule has 0 aromatic heterocycles. The topological polar surface area (TPSA) is 24.8 Å². The third-order valence-corrected chi connectivity index (χ3v) is 5.26. The number of amidine groups is 1. The second-order valence-corrected chi connectivity index (χ2v) is 6.87. The first kappa shape index (κ1) is 14.9. The summed E-state index contributed by atoms with van der Waals surface area (Å²) >= 11 is 1.90. The second-order valence-electron chi connectivity index (χ2n) is 5.81. The predicted molar refractivity (Wildman–Crippen MR) is 89.9 cm³/mol. The molecule has 1 atom stereocenters. The number of hydrogen-bond acceptors (Lipinski definition) is 4. The molecule has 2 aliphatic heterocycles. The molecule has 2 heterocycles. The molecular weight excluding hydrogens is 280 g/mol. The Morgan fingerprint density at radius 1 is 1.33 bits per heavy atom. The summed E-state index contributed by atoms with van der Waals surface area (Å²) in [7, 11) is 0. The fourth-order valence-electron chi connectivity index (χ4n) is 2.88. The second kappa shape index (κ2) is 7.32. The minimum atomic E-state index is 0.374. The number of ether oxygens (including phenoxy) is 1. The molecule has 0 saturated carbocycles. The lowest BCUT2D eigenvalue weighted by Crippen LogP contribution is -2.36. The summed E-state index contributed by atoms with van der Waals surface area (Å²) in [5.41, 5.74) is 2.75. The van der Waals surface area contributed by atoms with Crippen molar-refractivity contribution in [2.45, 2.75) is 38.8 Å². The molecule has 114 valence electrons. The standard InChI is InChI=1S/C17H24N2OS/c1-14-6-2-3-7-15(14)12-19(13-16-8-4-10-20-16)17-18-9-5-11-21-17/h2-3,6-7,16H,4-5,8-13H2,1H3. The van der Waals surface area contributed by atoms with E-state index >= 15 is 0 Å². The van der Waals surface area contributed by atoms with Gasteiger partial charge in [-0.05, 0) is 37.3 Å². The van der Waals surface area contributed by atoms with Crippen LogP contribution in [0.25, 0.3) is 0 Å². The van der Waals surface area contributed by atoms with E-state index in [0.29, 0.717) is 6.10 Å². The van der Waals surface area contributed by atoms with Crippen molar-refractivity contribution in [2.24, 2.45) is 4.99 Å². The molecule has 0 N–H and O–H groups in total. The molecule has 4 heteroatoms. The quantitative estimate of drug-likeness (QED) is 0.851. The smallest absolute Gasteiger partial charge is 0.159 e. The van der Waals surface area contributed by atoms with Crippen molar-refractivity contribution in [1.82, 2.24) is 4.90 Å². The molecule has 0 aliphatic carbocycles. The molecule has 1 unspecified atom stereocenters. The van der Waals surface area contributed by atoms with Gasteiger partial charge in [-0.15, -0.1) is 0 Å². The van der Waals surface area contributed by atoms with Crippen LogP contribution < -0.4 is 0 Å². The highest BCUT2D eigenvalue weighted by molar-refractivity contribution is 8.13. The third kappa shape index (κ3) is 4.01. The zero-order valence-electron chi connectivity index (χ0n) is 12.8. The number of aryl methyl sites for hydroxylation is 1. The van der Waals surface area contributed by atoms with Crippen molar-refractivity contribution in [1.29, 1.82) is 0 Å². The molecule has 0 spiro atoms. The summed E-state index contributed by atoms with van der Waals surface area (Å²) < 4.78 is 5.84. The Morgan fingerprint density at radius 3 is 2.95 bits per heavy atom. The van der Waals surface area contributed by atoms with Crippen molar-refractivity contribution in [3.63, 3.8) is 0 Å². The summed E-state index contributed by atoms with van der Waals surface area (Å²) in [6.07, 6.45) is 3.95. The van der Waals surface area contributed by atoms with Gasteiger partial charge in [0.1, 0.15) is 0 Å². The van der Waals surface area contributed by atoms with Crippen molar-refractivity contribution >= 4 is 16.9 Å². The van der Waals surface area contributed by atoms with E-state index < -0.39 is 0 Å². The SMILES string of the molecule is Cc1ccccc1CN(CC1CCCO1)C1=NCCCS1. The van der Waals surface area contributed by atoms with Crippen LogP contribution in [0.3, 0.4) is 0 Å². The molecule has 2 aliphatic rings. The van der Waals surface area contributed by atoms with Crippen LogP contribution in [0.5, 0.6) is 0 Å². The van der Waals surface area contributed by atoms with Crippen LogP contribution in [0.1, 0.15) is 30.4 Å². The number of nitrogens with zero attached hydrogens (tertiary/aromatic N) is 2. The molecule has 1 aromatic carbocycles. The summed E-state index contributed by atoms with van der Waals surface area (Å²) in [6.45, 7) is 5.99. The van der Waals surface area contributed by atoms with E-state index in [4.69, 9.17) is 9.73 Å². The van der Waals surface area contributed by atoms with E-state index in [1.165, 1.54) is 41.3 Å². The fraction of sp³-hybridized carbons (Fsp3) is 0.588. The van der Waals surface area contributed by atoms with E-state index in [2.05, 4.69) is 36.1 Å². The van der Waals surface area contributed by atoms with E-state index in [-0.39, 0.29) is 0 Å². The first-order chi connectivity index (χ1) is 10.3. The molecule has 0 amide bonds. The Morgan fingerprint density at radius 2 is 2.24 bits per heavy atom. The first-order valence-corrected chi connectivity index (χ1v) is 8.90. The van der Waals surface area contributed by atoms with Gasteiger partial charge in [0, 0.05) is 32.0 Å². The van der Waals surface area contributed by atoms with Crippen molar-refractivity contribution < 1.29 is 4.74 Å². The maximum atomic E-state index is 5.84. The highest BCUT2D eigenvalue weighted by atomic mass is 32.2. The highest BCUT2D eigenvalue weighted by Gasteiger charge is 2.23. The Bertz CT molecular complexity index is 497. The Kier molecular flexibility index (Phi) is 5.20. The van der Waals surface area contributed by atoms with E-state index in [1.54, 1.807) is 0 Å². The lowest BCUT2D eigenvalue weighted by molar-refractivity contribution is 0.0906. The molecule has 1 aromatic rings. The summed E-state index contributed by atoms with van der Waals surface area (Å²) in [6, 6.07) is 8.65. The Labute approximate surface area is 131 Å². The zero-order valence-corrected chi connectivity index (χ0v) is 13.6. The maximum absolute atomic E-state index is 5.84. The highest BCUT2D eigenvalue weighted by Crippen LogP contribution is 2.22. The number of aliphatic imine (C=N–C) groups is 1. The molecule has 3 nitrogen and oxygen atoms in total. The van der Waals surface area contributed by atoms with Crippen molar-refractivity contribution in [3.8, 4) is 0 Å². The molecule has 0 radical (unpaired) electrons. The van der Waals surface area contributed by atoms with E-state index in [9.17, 15) is 0 Å². The summed E-state index contributed by atoms with van der Waals surface area (Å²) in [5, 5.41) is 1.21. The number of thioether (sulfide) groups is 1. The molecule has 0 bridgehead atoms. The van der Waals surface area contributed by atoms with Crippen LogP contribution in [0, 0.1) is 6.92 Å². The molecule has 1 fully saturated rings. The molecule has 3 rings (SSSR count). The Balaban J connectivity index is 1.74. The third-order valence-electron chi connectivity index (χ3n) is 4.12. The van der Waals surface area contributed by atoms with Gasteiger partial charge >= 0.3 is 0 Å². The molecule has 21 heavy (non-hydrogen) atoms. The van der Waals surface area contributed by atoms with Crippen LogP contribution in [-0.4, -0.2) is 41.6 Å². The van der Waals surface area contributed by atoms with Crippen LogP contribution in [-0.2, 0) is 11.3 Å². The number of benzene rings is 1. The number of rotatable bonds is 4. The van der Waals surface area contributed by atoms with Gasteiger partial charge in [0.05, 0.1) is 6.10 Å². The van der Waals surface area contributed by atoms with E-state index in [0.717, 1.165) is 26.2 Å². The largest absolute Gasteiger partial charge is 0.376 e. The van der Waals surface area contributed by atoms with Gasteiger partial charge < -0.3 is 9.64 Å². The van der Waals surface area contributed by atoms with E-state index in [1.807, 2.05) is 11.8 Å². The van der Waals surface area contributed by atoms with Crippen LogP contribution in [0.4, 0.5) is 0 Å². The molecule has 1 saturated heterocycles. The monoisotopic (exact) mass is 304 g/mol. The normalized spacial score (nSPS) is 22.1. The van der Waals surface area contributed by atoms with Crippen molar-refractivity contribution in [2.75, 3.05) is 25.4 Å². The molecular formula is C17H24N2OS. The van der Waals surface area contributed by atoms with Gasteiger partial charge in [-0.3, -0.25) is 4.99 Å². The summed E-state index contributed by atoms with van der Waals surface area (Å²) in [5.74, 6) is 1.19. The predicted octanol–water partition coefficient (Wildman–Crippen LogP) is 3.47. The van der Waals surface area contributed by atoms with Crippen molar-refractivity contribution in [3.05, 3.63) is 35.4 Å². The lowest BCUT2D eigenvalue weighted by Gasteiger charge is -2.30. The van der Waals surface area contributed by atoms with Gasteiger partial charge in [0.2, 0.25) is 0 Å². The van der Waals surface area contributed by atoms with Gasteiger partial charge in [-0.25, -0.2) is 0 Å². The van der Waals surface area contributed by atoms with Gasteiger partial charge in [0.25, 0.3) is 0 Å². The average Bonchev–Trinajstić information content (AvgIpc) is 3.03. The minimum absolute atomic E-state index is 0.374. The van der Waals surface area contributed by atoms with Gasteiger partial charge in [-0.1, -0.05) is 36.0 Å². The van der Waals surface area contributed by atoms with Gasteiger partial charge in [0.15, 0.2) is 5.17 Å². The summed E-state index contributed by atoms with van der Waals surface area (Å²) in [4.78, 5) is 7.18. The zero-order chi connectivity index (χ0) is 14.5. The van der Waals surface area contributed by atoms with Crippen LogP contribution >= 0.6 is 11.8 Å². The number of hydrogen-bond donors (Lipinski definition) is 0. The van der Waals surface area contributed by atoms with Gasteiger partial charge in [-0.2, -0.15) is 0 Å². The van der Waals surface area contributed by atoms with Crippen LogP contribution in [0.15, 0.2) is 29.3 Å². The lowest BCUT2D eigenvalue weighted by atomic mass is 10.1. The minimum Gasteiger partial charge on any atom is -0.376 e. The first-order valence-electron chi connectivity index (χ1n) is 7.91. The van der Waals surface area contributed by atoms with Crippen LogP contribution in [0.2, 0.25) is 0 Å². The average molecular weight is 304 g/mol.